The van der Waals surface area contributed by atoms with Crippen molar-refractivity contribution in [2.75, 3.05) is 13.1 Å². The molecule has 0 fully saturated rings. The molecule has 6 nitrogen and oxygen atoms in total. The first-order valence-electron chi connectivity index (χ1n) is 8.90. The van der Waals surface area contributed by atoms with Gasteiger partial charge in [0.25, 0.3) is 0 Å². The van der Waals surface area contributed by atoms with Crippen LogP contribution in [-0.2, 0) is 0 Å². The number of thioether (sulfide) groups is 1. The summed E-state index contributed by atoms with van der Waals surface area (Å²) in [6.07, 6.45) is 0. The zero-order valence-corrected chi connectivity index (χ0v) is 17.4. The average molecular weight is 447 g/mol. The first kappa shape index (κ1) is 19.9. The largest absolute Gasteiger partial charge is 0.308 e. The maximum absolute atomic E-state index is 12.9. The van der Waals surface area contributed by atoms with Gasteiger partial charge >= 0.3 is 0 Å². The summed E-state index contributed by atoms with van der Waals surface area (Å²) in [4.78, 5) is 25.7. The molecule has 148 valence electrons. The first-order chi connectivity index (χ1) is 14.0. The quantitative estimate of drug-likeness (QED) is 0.663. The van der Waals surface area contributed by atoms with E-state index in [1.807, 2.05) is 0 Å². The van der Waals surface area contributed by atoms with E-state index in [1.54, 1.807) is 48.5 Å². The molecule has 2 aromatic carbocycles. The van der Waals surface area contributed by atoms with E-state index in [0.717, 1.165) is 0 Å². The van der Waals surface area contributed by atoms with Gasteiger partial charge in [-0.05, 0) is 48.5 Å². The lowest BCUT2D eigenvalue weighted by molar-refractivity contribution is 0.105. The van der Waals surface area contributed by atoms with Crippen LogP contribution in [0.15, 0.2) is 58.7 Å². The Labute approximate surface area is 181 Å². The fraction of sp³-hybridized carbons (Fsp3) is 0.200. The number of carbonyl (C=O) groups is 2. The zero-order chi connectivity index (χ0) is 20.4. The van der Waals surface area contributed by atoms with Gasteiger partial charge in [-0.1, -0.05) is 23.2 Å². The van der Waals surface area contributed by atoms with E-state index >= 15 is 0 Å². The summed E-state index contributed by atoms with van der Waals surface area (Å²) in [5.41, 5.74) is 7.72. The lowest BCUT2D eigenvalue weighted by Crippen LogP contribution is -2.33. The molecule has 0 bridgehead atoms. The Morgan fingerprint density at radius 2 is 1.14 bits per heavy atom. The third kappa shape index (κ3) is 4.32. The summed E-state index contributed by atoms with van der Waals surface area (Å²) in [5, 5.41) is 9.16. The van der Waals surface area contributed by atoms with Gasteiger partial charge in [0, 0.05) is 21.2 Å². The molecule has 0 aromatic heterocycles. The highest BCUT2D eigenvalue weighted by molar-refractivity contribution is 8.02. The Bertz CT molecular complexity index is 925. The van der Waals surface area contributed by atoms with E-state index in [9.17, 15) is 9.59 Å². The van der Waals surface area contributed by atoms with Gasteiger partial charge in [-0.15, -0.1) is 11.8 Å². The van der Waals surface area contributed by atoms with Crippen molar-refractivity contribution < 1.29 is 9.59 Å². The predicted octanol–water partition coefficient (Wildman–Crippen LogP) is 3.45. The van der Waals surface area contributed by atoms with Crippen LogP contribution in [0.1, 0.15) is 20.7 Å². The van der Waals surface area contributed by atoms with E-state index in [4.69, 9.17) is 23.2 Å². The van der Waals surface area contributed by atoms with Crippen LogP contribution in [0.25, 0.3) is 0 Å². The molecule has 0 saturated carbocycles. The van der Waals surface area contributed by atoms with Crippen LogP contribution in [-0.4, -0.2) is 46.6 Å². The van der Waals surface area contributed by atoms with Gasteiger partial charge in [-0.2, -0.15) is 10.2 Å². The average Bonchev–Trinajstić information content (AvgIpc) is 3.38. The summed E-state index contributed by atoms with van der Waals surface area (Å²) >= 11 is 13.3. The third-order valence-corrected chi connectivity index (χ3v) is 6.51. The Balaban J connectivity index is 1.48. The number of halogens is 2. The number of carbonyl (C=O) groups excluding carboxylic acids is 2. The number of hydrogen-bond donors (Lipinski definition) is 2. The van der Waals surface area contributed by atoms with Crippen molar-refractivity contribution in [2.24, 2.45) is 10.2 Å². The summed E-state index contributed by atoms with van der Waals surface area (Å²) in [6.45, 7) is 1.02. The number of Topliss-reactive ketones (excluding diaryl/α,β-unsaturated/α-hetero) is 2. The van der Waals surface area contributed by atoms with E-state index in [2.05, 4.69) is 21.1 Å². The predicted molar refractivity (Wildman–Crippen MR) is 118 cm³/mol. The molecule has 0 spiro atoms. The van der Waals surface area contributed by atoms with Crippen molar-refractivity contribution in [1.29, 1.82) is 0 Å². The third-order valence-electron chi connectivity index (χ3n) is 4.57. The molecule has 2 N–H and O–H groups in total. The van der Waals surface area contributed by atoms with Gasteiger partial charge in [0.15, 0.2) is 0 Å². The normalized spacial score (nSPS) is 20.5. The van der Waals surface area contributed by atoms with Crippen molar-refractivity contribution in [2.45, 2.75) is 10.5 Å². The molecule has 29 heavy (non-hydrogen) atoms. The van der Waals surface area contributed by atoms with Crippen LogP contribution in [0.4, 0.5) is 0 Å². The van der Waals surface area contributed by atoms with Crippen LogP contribution in [0.2, 0.25) is 10.0 Å². The molecule has 2 atom stereocenters. The maximum Gasteiger partial charge on any atom is 0.210 e. The lowest BCUT2D eigenvalue weighted by atomic mass is 10.0. The fourth-order valence-corrected chi connectivity index (χ4v) is 4.65. The standard InChI is InChI=1S/C20H16Cl2N4O2S/c21-13-5-1-11(2-6-13)19(27)17-15(9-23-25-17)29-16-10-24-26-18(16)20(28)12-3-7-14(22)8-4-12/h1-8,15-16,23-24H,9-10H2. The SMILES string of the molecule is O=C(C1=NNCC1SC1CNN=C1C(=O)c1ccc(Cl)cc1)c1ccc(Cl)cc1. The van der Waals surface area contributed by atoms with E-state index in [1.165, 1.54) is 11.8 Å². The van der Waals surface area contributed by atoms with Crippen molar-refractivity contribution in [3.63, 3.8) is 0 Å². The molecule has 4 rings (SSSR count). The van der Waals surface area contributed by atoms with Crippen LogP contribution in [0, 0.1) is 0 Å². The molecule has 2 unspecified atom stereocenters. The Morgan fingerprint density at radius 3 is 1.52 bits per heavy atom. The molecular formula is C20H16Cl2N4O2S. The van der Waals surface area contributed by atoms with Gasteiger partial charge in [0.1, 0.15) is 11.4 Å². The minimum absolute atomic E-state index is 0.155. The van der Waals surface area contributed by atoms with Crippen molar-refractivity contribution in [1.82, 2.24) is 10.9 Å². The second kappa shape index (κ2) is 8.57. The van der Waals surface area contributed by atoms with E-state index < -0.39 is 0 Å². The molecular weight excluding hydrogens is 431 g/mol. The molecule has 0 aliphatic carbocycles. The number of nitrogens with one attached hydrogen (secondary N) is 2. The fourth-order valence-electron chi connectivity index (χ4n) is 3.08. The van der Waals surface area contributed by atoms with Gasteiger partial charge in [0.2, 0.25) is 11.6 Å². The van der Waals surface area contributed by atoms with Crippen LogP contribution in [0.3, 0.4) is 0 Å². The van der Waals surface area contributed by atoms with Crippen molar-refractivity contribution >= 4 is 58.0 Å². The minimum atomic E-state index is -0.189. The number of rotatable bonds is 6. The second-order valence-corrected chi connectivity index (χ2v) is 8.79. The highest BCUT2D eigenvalue weighted by atomic mass is 35.5. The lowest BCUT2D eigenvalue weighted by Gasteiger charge is -2.17. The molecule has 0 saturated heterocycles. The summed E-state index contributed by atoms with van der Waals surface area (Å²) in [5.74, 6) is -0.310. The van der Waals surface area contributed by atoms with Crippen LogP contribution >= 0.6 is 35.0 Å². The summed E-state index contributed by atoms with van der Waals surface area (Å²) in [7, 11) is 0. The number of ketones is 2. The molecule has 0 amide bonds. The van der Waals surface area contributed by atoms with Crippen molar-refractivity contribution in [3.05, 3.63) is 69.7 Å². The number of hydrazone groups is 2. The highest BCUT2D eigenvalue weighted by Crippen LogP contribution is 2.27. The summed E-state index contributed by atoms with van der Waals surface area (Å²) < 4.78 is 0. The Morgan fingerprint density at radius 1 is 0.759 bits per heavy atom. The molecule has 2 aliphatic rings. The van der Waals surface area contributed by atoms with Crippen LogP contribution < -0.4 is 10.9 Å². The summed E-state index contributed by atoms with van der Waals surface area (Å²) in [6, 6.07) is 13.4. The van der Waals surface area contributed by atoms with E-state index in [0.29, 0.717) is 45.7 Å². The minimum Gasteiger partial charge on any atom is -0.308 e. The van der Waals surface area contributed by atoms with Crippen LogP contribution in [0.5, 0.6) is 0 Å². The molecule has 0 radical (unpaired) electrons. The molecule has 9 heteroatoms. The van der Waals surface area contributed by atoms with Gasteiger partial charge in [-0.25, -0.2) is 0 Å². The topological polar surface area (TPSA) is 82.9 Å². The molecule has 2 heterocycles. The highest BCUT2D eigenvalue weighted by Gasteiger charge is 2.36. The van der Waals surface area contributed by atoms with Gasteiger partial charge in [0.05, 0.1) is 23.6 Å². The number of hydrogen-bond acceptors (Lipinski definition) is 7. The maximum atomic E-state index is 12.9. The number of benzene rings is 2. The molecule has 2 aliphatic heterocycles. The second-order valence-electron chi connectivity index (χ2n) is 6.50. The zero-order valence-electron chi connectivity index (χ0n) is 15.1. The van der Waals surface area contributed by atoms with Crippen molar-refractivity contribution in [3.8, 4) is 0 Å². The van der Waals surface area contributed by atoms with Gasteiger partial charge < -0.3 is 10.9 Å². The van der Waals surface area contributed by atoms with Gasteiger partial charge in [-0.3, -0.25) is 9.59 Å². The smallest absolute Gasteiger partial charge is 0.210 e. The first-order valence-corrected chi connectivity index (χ1v) is 10.6. The Hall–Kier alpha value is -2.35. The monoisotopic (exact) mass is 446 g/mol. The Kier molecular flexibility index (Phi) is 5.89. The van der Waals surface area contributed by atoms with E-state index in [-0.39, 0.29) is 22.1 Å². The number of nitrogens with zero attached hydrogens (tertiary/aromatic N) is 2. The molecule has 2 aromatic rings.